The van der Waals surface area contributed by atoms with E-state index in [1.54, 1.807) is 0 Å². The molecule has 0 bridgehead atoms. The van der Waals surface area contributed by atoms with Crippen molar-refractivity contribution in [3.63, 3.8) is 0 Å². The molecule has 0 fully saturated rings. The summed E-state index contributed by atoms with van der Waals surface area (Å²) in [6, 6.07) is 8.12. The zero-order valence-electron chi connectivity index (χ0n) is 13.5. The Labute approximate surface area is 140 Å². The molecule has 0 aromatic heterocycles. The van der Waals surface area contributed by atoms with Crippen molar-refractivity contribution in [2.24, 2.45) is 4.99 Å². The van der Waals surface area contributed by atoms with Gasteiger partial charge in [0, 0.05) is 18.8 Å². The summed E-state index contributed by atoms with van der Waals surface area (Å²) < 4.78 is 12.6. The number of hydrogen-bond donors (Lipinski definition) is 1. The molecule has 1 heterocycles. The average Bonchev–Trinajstić information content (AvgIpc) is 2.76. The van der Waals surface area contributed by atoms with E-state index < -0.39 is 16.3 Å². The predicted octanol–water partition coefficient (Wildman–Crippen LogP) is 2.85. The summed E-state index contributed by atoms with van der Waals surface area (Å²) in [6.07, 6.45) is 0. The molecule has 1 aliphatic rings. The number of rotatable bonds is 5. The van der Waals surface area contributed by atoms with Gasteiger partial charge in [0.1, 0.15) is 10.5 Å². The lowest BCUT2D eigenvalue weighted by molar-refractivity contribution is 0.687. The Morgan fingerprint density at radius 1 is 1.27 bits per heavy atom. The summed E-state index contributed by atoms with van der Waals surface area (Å²) in [7, 11) is -1.22. The van der Waals surface area contributed by atoms with Gasteiger partial charge in [-0.2, -0.15) is 0 Å². The zero-order chi connectivity index (χ0) is 16.3. The maximum Gasteiger partial charge on any atom is 0.193 e. The smallest absolute Gasteiger partial charge is 0.193 e. The van der Waals surface area contributed by atoms with Gasteiger partial charge in [0.05, 0.1) is 16.6 Å². The Kier molecular flexibility index (Phi) is 5.34. The Hall–Kier alpha value is -1.27. The molecule has 6 heteroatoms. The normalized spacial score (nSPS) is 17.8. The first-order valence-corrected chi connectivity index (χ1v) is 9.24. The molecule has 120 valence electrons. The van der Waals surface area contributed by atoms with Crippen LogP contribution in [0.1, 0.15) is 33.3 Å². The molecule has 1 aromatic rings. The van der Waals surface area contributed by atoms with Gasteiger partial charge in [-0.05, 0) is 39.3 Å². The Bertz CT molecular complexity index is 622. The van der Waals surface area contributed by atoms with Crippen molar-refractivity contribution in [3.05, 3.63) is 29.8 Å². The minimum atomic E-state index is -1.22. The van der Waals surface area contributed by atoms with E-state index in [1.807, 2.05) is 32.0 Å². The number of nitrogens with one attached hydrogen (secondary N) is 1. The molecule has 4 nitrogen and oxygen atoms in total. The second-order valence-corrected chi connectivity index (χ2v) is 7.50. The number of benzene rings is 1. The van der Waals surface area contributed by atoms with Crippen LogP contribution >= 0.6 is 12.2 Å². The van der Waals surface area contributed by atoms with Crippen molar-refractivity contribution in [2.75, 3.05) is 18.0 Å². The van der Waals surface area contributed by atoms with E-state index in [0.29, 0.717) is 15.9 Å². The van der Waals surface area contributed by atoms with Crippen LogP contribution in [0.5, 0.6) is 0 Å². The molecule has 0 amide bonds. The molecular formula is C16H23N3OS2. The SMILES string of the molecule is CCN(CC)c1ccccc1CS(=O)C1=NC(C)(C)C(=S)N1. The van der Waals surface area contributed by atoms with Crippen LogP contribution in [-0.4, -0.2) is 33.0 Å². The average molecular weight is 338 g/mol. The molecule has 0 saturated heterocycles. The van der Waals surface area contributed by atoms with Crippen LogP contribution in [0, 0.1) is 0 Å². The number of hydrogen-bond acceptors (Lipinski definition) is 4. The second-order valence-electron chi connectivity index (χ2n) is 5.72. The van der Waals surface area contributed by atoms with Gasteiger partial charge >= 0.3 is 0 Å². The highest BCUT2D eigenvalue weighted by atomic mass is 32.2. The fraction of sp³-hybridized carbons (Fsp3) is 0.500. The molecule has 1 aliphatic heterocycles. The maximum absolute atomic E-state index is 12.6. The summed E-state index contributed by atoms with van der Waals surface area (Å²) in [5, 5.41) is 3.50. The van der Waals surface area contributed by atoms with Crippen LogP contribution in [0.15, 0.2) is 29.3 Å². The molecule has 1 atom stereocenters. The van der Waals surface area contributed by atoms with Crippen molar-refractivity contribution < 1.29 is 4.21 Å². The molecule has 1 N–H and O–H groups in total. The Morgan fingerprint density at radius 3 is 2.45 bits per heavy atom. The lowest BCUT2D eigenvalue weighted by Crippen LogP contribution is -2.34. The summed E-state index contributed by atoms with van der Waals surface area (Å²) >= 11 is 5.25. The van der Waals surface area contributed by atoms with E-state index in [9.17, 15) is 4.21 Å². The topological polar surface area (TPSA) is 44.7 Å². The van der Waals surface area contributed by atoms with Gasteiger partial charge < -0.3 is 10.2 Å². The first-order valence-electron chi connectivity index (χ1n) is 7.51. The van der Waals surface area contributed by atoms with E-state index in [-0.39, 0.29) is 0 Å². The first kappa shape index (κ1) is 17.1. The number of para-hydroxylation sites is 1. The minimum absolute atomic E-state index is 0.442. The summed E-state index contributed by atoms with van der Waals surface area (Å²) in [6.45, 7) is 9.96. The van der Waals surface area contributed by atoms with E-state index >= 15 is 0 Å². The summed E-state index contributed by atoms with van der Waals surface area (Å²) in [4.78, 5) is 7.36. The highest BCUT2D eigenvalue weighted by Crippen LogP contribution is 2.23. The fourth-order valence-corrected chi connectivity index (χ4v) is 3.82. The molecule has 0 spiro atoms. The predicted molar refractivity (Wildman–Crippen MR) is 99.1 cm³/mol. The fourth-order valence-electron chi connectivity index (χ4n) is 2.41. The van der Waals surface area contributed by atoms with Gasteiger partial charge in [0.15, 0.2) is 5.17 Å². The van der Waals surface area contributed by atoms with Gasteiger partial charge in [-0.1, -0.05) is 30.4 Å². The van der Waals surface area contributed by atoms with Crippen molar-refractivity contribution in [2.45, 2.75) is 39.0 Å². The van der Waals surface area contributed by atoms with Crippen LogP contribution in [-0.2, 0) is 16.6 Å². The first-order chi connectivity index (χ1) is 10.4. The quantitative estimate of drug-likeness (QED) is 0.839. The lowest BCUT2D eigenvalue weighted by Gasteiger charge is -2.24. The van der Waals surface area contributed by atoms with Crippen molar-refractivity contribution >= 4 is 38.9 Å². The van der Waals surface area contributed by atoms with E-state index in [1.165, 1.54) is 0 Å². The van der Waals surface area contributed by atoms with Gasteiger partial charge in [-0.15, -0.1) is 0 Å². The Morgan fingerprint density at radius 2 is 1.91 bits per heavy atom. The molecular weight excluding hydrogens is 314 g/mol. The largest absolute Gasteiger partial charge is 0.372 e. The second kappa shape index (κ2) is 6.87. The molecule has 0 aliphatic carbocycles. The van der Waals surface area contributed by atoms with Crippen LogP contribution in [0.3, 0.4) is 0 Å². The third kappa shape index (κ3) is 3.55. The van der Waals surface area contributed by atoms with Gasteiger partial charge in [0.25, 0.3) is 0 Å². The van der Waals surface area contributed by atoms with E-state index in [4.69, 9.17) is 12.2 Å². The van der Waals surface area contributed by atoms with Crippen molar-refractivity contribution in [1.82, 2.24) is 5.32 Å². The molecule has 0 saturated carbocycles. The van der Waals surface area contributed by atoms with Gasteiger partial charge in [-0.3, -0.25) is 4.21 Å². The van der Waals surface area contributed by atoms with Crippen LogP contribution in [0.25, 0.3) is 0 Å². The summed E-state index contributed by atoms with van der Waals surface area (Å²) in [5.41, 5.74) is 1.75. The number of anilines is 1. The molecule has 1 unspecified atom stereocenters. The van der Waals surface area contributed by atoms with Crippen molar-refractivity contribution in [3.8, 4) is 0 Å². The number of aliphatic imine (C=N–C) groups is 1. The highest BCUT2D eigenvalue weighted by molar-refractivity contribution is 8.00. The monoisotopic (exact) mass is 337 g/mol. The molecule has 1 aromatic carbocycles. The van der Waals surface area contributed by atoms with Crippen LogP contribution in [0.4, 0.5) is 5.69 Å². The number of amidine groups is 1. The molecule has 22 heavy (non-hydrogen) atoms. The maximum atomic E-state index is 12.6. The lowest BCUT2D eigenvalue weighted by atomic mass is 10.1. The number of thiocarbonyl (C=S) groups is 1. The number of nitrogens with zero attached hydrogens (tertiary/aromatic N) is 2. The molecule has 2 rings (SSSR count). The zero-order valence-corrected chi connectivity index (χ0v) is 15.2. The third-order valence-corrected chi connectivity index (χ3v) is 5.55. The van der Waals surface area contributed by atoms with E-state index in [0.717, 1.165) is 24.3 Å². The standard InChI is InChI=1S/C16H23N3OS2/c1-5-19(6-2)13-10-8-7-9-12(13)11-22(20)15-17-14(21)16(3,4)18-15/h7-10H,5-6,11H2,1-4H3,(H,17,18,21). The van der Waals surface area contributed by atoms with Crippen LogP contribution < -0.4 is 10.2 Å². The van der Waals surface area contributed by atoms with E-state index in [2.05, 4.69) is 35.1 Å². The highest BCUT2D eigenvalue weighted by Gasteiger charge is 2.32. The molecule has 0 radical (unpaired) electrons. The third-order valence-electron chi connectivity index (χ3n) is 3.76. The minimum Gasteiger partial charge on any atom is -0.372 e. The van der Waals surface area contributed by atoms with Crippen molar-refractivity contribution in [1.29, 1.82) is 0 Å². The summed E-state index contributed by atoms with van der Waals surface area (Å²) in [5.74, 6) is 0.442. The van der Waals surface area contributed by atoms with Gasteiger partial charge in [0.2, 0.25) is 0 Å². The Balaban J connectivity index is 2.22. The van der Waals surface area contributed by atoms with Gasteiger partial charge in [-0.25, -0.2) is 4.99 Å². The van der Waals surface area contributed by atoms with Crippen LogP contribution in [0.2, 0.25) is 0 Å².